The first-order valence-electron chi connectivity index (χ1n) is 9.39. The molecule has 134 valence electrons. The minimum atomic E-state index is 0.413. The standard InChI is InChI=1S/C21H23N3OS/c1-2-17-8-18-19(22-14-23-20(18)26-17)24-12-21(13-24)9-16(10-21)25-11-15-6-4-3-5-7-15/h3-8,14,16H,2,9-13H2,1H3. The van der Waals surface area contributed by atoms with Crippen molar-refractivity contribution in [1.29, 1.82) is 0 Å². The van der Waals surface area contributed by atoms with Gasteiger partial charge in [0.15, 0.2) is 0 Å². The Morgan fingerprint density at radius 3 is 2.77 bits per heavy atom. The number of aryl methyl sites for hydroxylation is 1. The highest BCUT2D eigenvalue weighted by Gasteiger charge is 2.53. The molecule has 0 bridgehead atoms. The number of ether oxygens (including phenoxy) is 1. The molecule has 4 nitrogen and oxygen atoms in total. The van der Waals surface area contributed by atoms with Gasteiger partial charge in [0.05, 0.1) is 18.1 Å². The SMILES string of the molecule is CCc1cc2c(N3CC4(CC(OCc5ccccc5)C4)C3)ncnc2s1. The molecule has 3 heterocycles. The van der Waals surface area contributed by atoms with E-state index in [0.29, 0.717) is 11.5 Å². The lowest BCUT2D eigenvalue weighted by Gasteiger charge is -2.59. The van der Waals surface area contributed by atoms with Gasteiger partial charge in [-0.3, -0.25) is 0 Å². The van der Waals surface area contributed by atoms with Crippen LogP contribution in [-0.2, 0) is 17.8 Å². The topological polar surface area (TPSA) is 38.2 Å². The van der Waals surface area contributed by atoms with Crippen LogP contribution in [0.2, 0.25) is 0 Å². The maximum absolute atomic E-state index is 6.08. The van der Waals surface area contributed by atoms with Crippen LogP contribution < -0.4 is 4.90 Å². The summed E-state index contributed by atoms with van der Waals surface area (Å²) in [6.45, 7) is 5.12. The molecule has 2 fully saturated rings. The van der Waals surface area contributed by atoms with Crippen molar-refractivity contribution in [3.05, 3.63) is 53.2 Å². The third-order valence-electron chi connectivity index (χ3n) is 5.71. The summed E-state index contributed by atoms with van der Waals surface area (Å²) in [5.41, 5.74) is 1.71. The second-order valence-corrected chi connectivity index (χ2v) is 8.78. The Hall–Kier alpha value is -1.98. The predicted molar refractivity (Wildman–Crippen MR) is 106 cm³/mol. The van der Waals surface area contributed by atoms with Crippen molar-refractivity contribution >= 4 is 27.4 Å². The fourth-order valence-corrected chi connectivity index (χ4v) is 5.23. The van der Waals surface area contributed by atoms with E-state index in [2.05, 4.69) is 52.1 Å². The number of fused-ring (bicyclic) bond motifs is 1. The normalized spacial score (nSPS) is 18.9. The second kappa shape index (κ2) is 6.32. The van der Waals surface area contributed by atoms with E-state index >= 15 is 0 Å². The Morgan fingerprint density at radius 1 is 1.19 bits per heavy atom. The molecule has 2 aromatic heterocycles. The van der Waals surface area contributed by atoms with E-state index in [1.807, 2.05) is 6.07 Å². The molecule has 3 aromatic rings. The van der Waals surface area contributed by atoms with E-state index in [4.69, 9.17) is 4.74 Å². The summed E-state index contributed by atoms with van der Waals surface area (Å²) in [5.74, 6) is 1.12. The fourth-order valence-electron chi connectivity index (χ4n) is 4.30. The zero-order valence-corrected chi connectivity index (χ0v) is 15.8. The lowest BCUT2D eigenvalue weighted by molar-refractivity contribution is -0.0997. The number of hydrogen-bond donors (Lipinski definition) is 0. The van der Waals surface area contributed by atoms with E-state index < -0.39 is 0 Å². The Kier molecular flexibility index (Phi) is 3.94. The molecule has 0 amide bonds. The number of anilines is 1. The molecule has 0 atom stereocenters. The van der Waals surface area contributed by atoms with Crippen LogP contribution in [-0.4, -0.2) is 29.2 Å². The largest absolute Gasteiger partial charge is 0.373 e. The number of hydrogen-bond acceptors (Lipinski definition) is 5. The summed E-state index contributed by atoms with van der Waals surface area (Å²) >= 11 is 1.79. The van der Waals surface area contributed by atoms with Crippen LogP contribution in [0, 0.1) is 5.41 Å². The van der Waals surface area contributed by atoms with Gasteiger partial charge < -0.3 is 9.64 Å². The smallest absolute Gasteiger partial charge is 0.140 e. The van der Waals surface area contributed by atoms with Crippen molar-refractivity contribution in [3.63, 3.8) is 0 Å². The summed E-state index contributed by atoms with van der Waals surface area (Å²) in [4.78, 5) is 14.0. The molecule has 5 heteroatoms. The monoisotopic (exact) mass is 365 g/mol. The van der Waals surface area contributed by atoms with Crippen molar-refractivity contribution in [3.8, 4) is 0 Å². The van der Waals surface area contributed by atoms with Crippen LogP contribution in [0.3, 0.4) is 0 Å². The first-order valence-corrected chi connectivity index (χ1v) is 10.2. The maximum atomic E-state index is 6.08. The van der Waals surface area contributed by atoms with Gasteiger partial charge in [0.1, 0.15) is 17.0 Å². The van der Waals surface area contributed by atoms with Crippen molar-refractivity contribution in [2.24, 2.45) is 5.41 Å². The first kappa shape index (κ1) is 16.2. The Bertz CT molecular complexity index is 909. The zero-order valence-electron chi connectivity index (χ0n) is 15.0. The van der Waals surface area contributed by atoms with Gasteiger partial charge in [-0.2, -0.15) is 0 Å². The van der Waals surface area contributed by atoms with E-state index in [-0.39, 0.29) is 0 Å². The van der Waals surface area contributed by atoms with Gasteiger partial charge in [-0.1, -0.05) is 37.3 Å². The predicted octanol–water partition coefficient (Wildman–Crippen LogP) is 4.44. The first-order chi connectivity index (χ1) is 12.7. The fraction of sp³-hybridized carbons (Fsp3) is 0.429. The number of nitrogens with zero attached hydrogens (tertiary/aromatic N) is 3. The van der Waals surface area contributed by atoms with Crippen LogP contribution in [0.1, 0.15) is 30.2 Å². The Labute approximate surface area is 157 Å². The van der Waals surface area contributed by atoms with Crippen molar-refractivity contribution in [2.45, 2.75) is 38.9 Å². The molecule has 0 N–H and O–H groups in total. The van der Waals surface area contributed by atoms with Gasteiger partial charge in [0, 0.05) is 23.4 Å². The molecule has 1 aliphatic carbocycles. The molecule has 1 saturated heterocycles. The summed E-state index contributed by atoms with van der Waals surface area (Å²) in [5, 5.41) is 1.22. The highest BCUT2D eigenvalue weighted by atomic mass is 32.1. The third-order valence-corrected chi connectivity index (χ3v) is 6.90. The molecule has 1 aliphatic heterocycles. The molecule has 1 aromatic carbocycles. The van der Waals surface area contributed by atoms with Crippen molar-refractivity contribution in [2.75, 3.05) is 18.0 Å². The number of benzene rings is 1. The molecule has 1 spiro atoms. The van der Waals surface area contributed by atoms with Crippen LogP contribution in [0.25, 0.3) is 10.2 Å². The number of rotatable bonds is 5. The van der Waals surface area contributed by atoms with Gasteiger partial charge in [-0.25, -0.2) is 9.97 Å². The summed E-state index contributed by atoms with van der Waals surface area (Å²) in [6, 6.07) is 12.7. The van der Waals surface area contributed by atoms with Crippen molar-refractivity contribution < 1.29 is 4.74 Å². The van der Waals surface area contributed by atoms with Crippen LogP contribution in [0.15, 0.2) is 42.7 Å². The molecular weight excluding hydrogens is 342 g/mol. The van der Waals surface area contributed by atoms with E-state index in [9.17, 15) is 0 Å². The molecular formula is C21H23N3OS. The number of thiophene rings is 1. The summed E-state index contributed by atoms with van der Waals surface area (Å²) < 4.78 is 6.08. The average Bonchev–Trinajstić information content (AvgIpc) is 3.04. The Balaban J connectivity index is 1.19. The molecule has 2 aliphatic rings. The summed E-state index contributed by atoms with van der Waals surface area (Å²) in [6.07, 6.45) is 5.54. The maximum Gasteiger partial charge on any atom is 0.140 e. The van der Waals surface area contributed by atoms with Gasteiger partial charge in [-0.05, 0) is 30.9 Å². The summed E-state index contributed by atoms with van der Waals surface area (Å²) in [7, 11) is 0. The van der Waals surface area contributed by atoms with Crippen molar-refractivity contribution in [1.82, 2.24) is 9.97 Å². The Morgan fingerprint density at radius 2 is 2.00 bits per heavy atom. The lowest BCUT2D eigenvalue weighted by atomic mass is 9.61. The average molecular weight is 366 g/mol. The molecule has 0 radical (unpaired) electrons. The van der Waals surface area contributed by atoms with E-state index in [1.54, 1.807) is 17.7 Å². The molecule has 0 unspecified atom stereocenters. The van der Waals surface area contributed by atoms with Gasteiger partial charge >= 0.3 is 0 Å². The van der Waals surface area contributed by atoms with Gasteiger partial charge in [0.25, 0.3) is 0 Å². The minimum Gasteiger partial charge on any atom is -0.373 e. The van der Waals surface area contributed by atoms with Crippen LogP contribution >= 0.6 is 11.3 Å². The minimum absolute atomic E-state index is 0.413. The molecule has 26 heavy (non-hydrogen) atoms. The number of aromatic nitrogens is 2. The van der Waals surface area contributed by atoms with E-state index in [1.165, 1.54) is 28.7 Å². The zero-order chi connectivity index (χ0) is 17.6. The molecule has 5 rings (SSSR count). The van der Waals surface area contributed by atoms with Crippen LogP contribution in [0.4, 0.5) is 5.82 Å². The second-order valence-electron chi connectivity index (χ2n) is 7.67. The highest BCUT2D eigenvalue weighted by molar-refractivity contribution is 7.18. The van der Waals surface area contributed by atoms with Gasteiger partial charge in [0.2, 0.25) is 0 Å². The molecule has 1 saturated carbocycles. The highest BCUT2D eigenvalue weighted by Crippen LogP contribution is 2.51. The van der Waals surface area contributed by atoms with Gasteiger partial charge in [-0.15, -0.1) is 11.3 Å². The van der Waals surface area contributed by atoms with Crippen LogP contribution in [0.5, 0.6) is 0 Å². The third kappa shape index (κ3) is 2.79. The van der Waals surface area contributed by atoms with E-state index in [0.717, 1.165) is 36.8 Å². The lowest BCUT2D eigenvalue weighted by Crippen LogP contribution is -2.64. The quantitative estimate of drug-likeness (QED) is 0.670.